The van der Waals surface area contributed by atoms with Gasteiger partial charge in [-0.2, -0.15) is 0 Å². The molecular weight excluding hydrogens is 290 g/mol. The molecule has 0 saturated carbocycles. The summed E-state index contributed by atoms with van der Waals surface area (Å²) in [6.45, 7) is 1.60. The molecule has 2 aromatic rings. The van der Waals surface area contributed by atoms with Crippen LogP contribution in [0.5, 0.6) is 0 Å². The average Bonchev–Trinajstić information content (AvgIpc) is 2.97. The Labute approximate surface area is 133 Å². The number of hydrogen-bond donors (Lipinski definition) is 3. The van der Waals surface area contributed by atoms with Crippen LogP contribution in [0.1, 0.15) is 18.4 Å². The van der Waals surface area contributed by atoms with Crippen LogP contribution in [0.15, 0.2) is 46.8 Å². The van der Waals surface area contributed by atoms with E-state index in [9.17, 15) is 4.79 Å². The minimum absolute atomic E-state index is 0.0850. The molecule has 23 heavy (non-hydrogen) atoms. The van der Waals surface area contributed by atoms with Crippen LogP contribution < -0.4 is 21.7 Å². The average molecular weight is 309 g/mol. The molecule has 0 fully saturated rings. The van der Waals surface area contributed by atoms with Crippen molar-refractivity contribution in [1.82, 2.24) is 15.3 Å². The van der Waals surface area contributed by atoms with Crippen molar-refractivity contribution in [2.45, 2.75) is 25.5 Å². The normalized spacial score (nSPS) is 19.2. The first-order valence-electron chi connectivity index (χ1n) is 7.93. The van der Waals surface area contributed by atoms with Gasteiger partial charge in [0.1, 0.15) is 17.2 Å². The molecular formula is C18H19N3O2. The second-order valence-corrected chi connectivity index (χ2v) is 5.93. The predicted octanol–water partition coefficient (Wildman–Crippen LogP) is 0.501. The van der Waals surface area contributed by atoms with Crippen LogP contribution in [0.4, 0.5) is 0 Å². The molecule has 3 N–H and O–H groups in total. The third-order valence-electron chi connectivity index (χ3n) is 4.26. The number of fused-ring (bicyclic) bond motifs is 2. The van der Waals surface area contributed by atoms with Gasteiger partial charge in [-0.05, 0) is 17.6 Å². The third kappa shape index (κ3) is 2.87. The first kappa shape index (κ1) is 14.1. The van der Waals surface area contributed by atoms with E-state index in [1.807, 2.05) is 24.3 Å². The van der Waals surface area contributed by atoms with E-state index in [1.165, 1.54) is 5.56 Å². The number of nitrogens with one attached hydrogen (secondary N) is 3. The molecule has 0 spiro atoms. The van der Waals surface area contributed by atoms with Gasteiger partial charge in [-0.25, -0.2) is 4.79 Å². The van der Waals surface area contributed by atoms with Crippen molar-refractivity contribution in [3.05, 3.63) is 68.7 Å². The molecule has 2 heterocycles. The fourth-order valence-corrected chi connectivity index (χ4v) is 3.09. The monoisotopic (exact) mass is 309 g/mol. The molecule has 2 aliphatic rings. The lowest BCUT2D eigenvalue weighted by atomic mass is 10.0. The number of rotatable bonds is 4. The molecule has 0 amide bonds. The maximum atomic E-state index is 11.5. The Bertz CT molecular complexity index is 906. The molecule has 1 atom stereocenters. The van der Waals surface area contributed by atoms with Gasteiger partial charge < -0.3 is 20.0 Å². The molecule has 4 rings (SSSR count). The van der Waals surface area contributed by atoms with Crippen molar-refractivity contribution in [3.8, 4) is 0 Å². The first-order chi connectivity index (χ1) is 11.3. The van der Waals surface area contributed by atoms with E-state index in [0.717, 1.165) is 48.0 Å². The lowest BCUT2D eigenvalue weighted by molar-refractivity contribution is 0.155. The van der Waals surface area contributed by atoms with E-state index in [1.54, 1.807) is 0 Å². The smallest absolute Gasteiger partial charge is 0.323 e. The fraction of sp³-hybridized carbons (Fsp3) is 0.278. The highest BCUT2D eigenvalue weighted by Gasteiger charge is 2.22. The summed E-state index contributed by atoms with van der Waals surface area (Å²) in [5.74, 6) is 0.818. The van der Waals surface area contributed by atoms with Gasteiger partial charge in [0.15, 0.2) is 0 Å². The molecule has 1 unspecified atom stereocenters. The molecule has 1 aromatic heterocycles. The summed E-state index contributed by atoms with van der Waals surface area (Å²) in [5.41, 5.74) is 2.23. The largest absolute Gasteiger partial charge is 0.486 e. The van der Waals surface area contributed by atoms with Crippen molar-refractivity contribution in [2.75, 3.05) is 6.54 Å². The second kappa shape index (κ2) is 5.93. The Morgan fingerprint density at radius 2 is 2.04 bits per heavy atom. The number of H-pyrrole nitrogens is 2. The Hall–Kier alpha value is -2.53. The topological polar surface area (TPSA) is 69.9 Å². The van der Waals surface area contributed by atoms with E-state index in [2.05, 4.69) is 33.5 Å². The lowest BCUT2D eigenvalue weighted by Crippen LogP contribution is -2.37. The van der Waals surface area contributed by atoms with Crippen molar-refractivity contribution in [1.29, 1.82) is 0 Å². The number of hydrogen-bond acceptors (Lipinski definition) is 3. The second-order valence-electron chi connectivity index (χ2n) is 5.93. The molecule has 1 aliphatic heterocycles. The van der Waals surface area contributed by atoms with Crippen LogP contribution in [0.2, 0.25) is 0 Å². The van der Waals surface area contributed by atoms with Crippen molar-refractivity contribution < 1.29 is 4.74 Å². The van der Waals surface area contributed by atoms with Gasteiger partial charge in [-0.3, -0.25) is 0 Å². The van der Waals surface area contributed by atoms with Gasteiger partial charge in [-0.1, -0.05) is 42.5 Å². The zero-order valence-corrected chi connectivity index (χ0v) is 12.8. The molecule has 0 saturated heterocycles. The number of aromatic amines is 2. The minimum Gasteiger partial charge on any atom is -0.486 e. The van der Waals surface area contributed by atoms with E-state index >= 15 is 0 Å². The van der Waals surface area contributed by atoms with Gasteiger partial charge in [0.05, 0.1) is 5.35 Å². The maximum Gasteiger partial charge on any atom is 0.323 e. The summed E-state index contributed by atoms with van der Waals surface area (Å²) in [4.78, 5) is 17.1. The Morgan fingerprint density at radius 1 is 1.17 bits per heavy atom. The molecule has 0 radical (unpaired) electrons. The summed E-state index contributed by atoms with van der Waals surface area (Å²) in [5, 5.41) is 5.05. The molecule has 1 aromatic carbocycles. The van der Waals surface area contributed by atoms with Crippen molar-refractivity contribution in [3.63, 3.8) is 0 Å². The fourth-order valence-electron chi connectivity index (χ4n) is 3.09. The van der Waals surface area contributed by atoms with E-state index < -0.39 is 0 Å². The molecule has 5 nitrogen and oxygen atoms in total. The standard InChI is InChI=1S/C18H19N3O2/c22-18-20-15-9-7-13-6-8-14(23-17(13)16(15)21-18)11-19-10-12-4-2-1-3-5-12/h1-6,9,14,19H,7-8,10-11H2,(H2,20,21,22). The SMILES string of the molecule is O=c1[nH]c2c([nH]1)=C1OC(CNCc3ccccc3)CC=C1CC=2. The van der Waals surface area contributed by atoms with Gasteiger partial charge in [-0.15, -0.1) is 0 Å². The van der Waals surface area contributed by atoms with Crippen molar-refractivity contribution >= 4 is 11.8 Å². The van der Waals surface area contributed by atoms with Crippen LogP contribution >= 0.6 is 0 Å². The summed E-state index contributed by atoms with van der Waals surface area (Å²) in [6.07, 6.45) is 6.03. The van der Waals surface area contributed by atoms with Crippen LogP contribution in [0.3, 0.4) is 0 Å². The summed E-state index contributed by atoms with van der Waals surface area (Å²) < 4.78 is 6.14. The quantitative estimate of drug-likeness (QED) is 0.770. The number of aromatic nitrogens is 2. The Morgan fingerprint density at radius 3 is 2.91 bits per heavy atom. The molecule has 118 valence electrons. The predicted molar refractivity (Wildman–Crippen MR) is 88.9 cm³/mol. The summed E-state index contributed by atoms with van der Waals surface area (Å²) >= 11 is 0. The Kier molecular flexibility index (Phi) is 3.63. The highest BCUT2D eigenvalue weighted by molar-refractivity contribution is 5.63. The maximum absolute atomic E-state index is 11.5. The van der Waals surface area contributed by atoms with Gasteiger partial charge >= 0.3 is 5.69 Å². The molecule has 5 heteroatoms. The number of benzene rings is 1. The summed E-state index contributed by atoms with van der Waals surface area (Å²) in [7, 11) is 0. The van der Waals surface area contributed by atoms with E-state index in [0.29, 0.717) is 0 Å². The van der Waals surface area contributed by atoms with Crippen LogP contribution in [0, 0.1) is 0 Å². The lowest BCUT2D eigenvalue weighted by Gasteiger charge is -2.27. The number of ether oxygens (including phenoxy) is 1. The first-order valence-corrected chi connectivity index (χ1v) is 7.93. The highest BCUT2D eigenvalue weighted by atomic mass is 16.5. The highest BCUT2D eigenvalue weighted by Crippen LogP contribution is 2.26. The minimum atomic E-state index is -0.187. The zero-order chi connectivity index (χ0) is 15.6. The summed E-state index contributed by atoms with van der Waals surface area (Å²) in [6, 6.07) is 10.3. The van der Waals surface area contributed by atoms with Gasteiger partial charge in [0.2, 0.25) is 0 Å². The van der Waals surface area contributed by atoms with Gasteiger partial charge in [0.25, 0.3) is 0 Å². The van der Waals surface area contributed by atoms with Crippen LogP contribution in [-0.2, 0) is 11.3 Å². The van der Waals surface area contributed by atoms with Crippen LogP contribution in [-0.4, -0.2) is 22.6 Å². The zero-order valence-electron chi connectivity index (χ0n) is 12.8. The third-order valence-corrected chi connectivity index (χ3v) is 4.26. The van der Waals surface area contributed by atoms with E-state index in [4.69, 9.17) is 4.74 Å². The van der Waals surface area contributed by atoms with Crippen molar-refractivity contribution in [2.24, 2.45) is 0 Å². The van der Waals surface area contributed by atoms with E-state index in [-0.39, 0.29) is 11.8 Å². The Balaban J connectivity index is 1.48. The number of imidazole rings is 1. The van der Waals surface area contributed by atoms with Gasteiger partial charge in [0, 0.05) is 19.5 Å². The molecule has 0 bridgehead atoms. The molecule has 1 aliphatic carbocycles. The van der Waals surface area contributed by atoms with Crippen LogP contribution in [0.25, 0.3) is 11.8 Å².